The average Bonchev–Trinajstić information content (AvgIpc) is 2.51. The van der Waals surface area contributed by atoms with Gasteiger partial charge in [-0.05, 0) is 38.6 Å². The lowest BCUT2D eigenvalue weighted by molar-refractivity contribution is 0.312. The molecule has 1 fully saturated rings. The van der Waals surface area contributed by atoms with E-state index in [0.717, 1.165) is 37.7 Å². The molecule has 1 aromatic heterocycles. The van der Waals surface area contributed by atoms with E-state index in [1.54, 1.807) is 0 Å². The molecule has 0 atom stereocenters. The Bertz CT molecular complexity index is 647. The minimum absolute atomic E-state index is 0.656. The van der Waals surface area contributed by atoms with Crippen LogP contribution in [0.15, 0.2) is 30.5 Å². The SMILES string of the molecule is Cc1ccc(Nc2nccc(N3CCN(C)CC3)n2)c(C)c1. The summed E-state index contributed by atoms with van der Waals surface area (Å²) in [5.41, 5.74) is 3.52. The van der Waals surface area contributed by atoms with Gasteiger partial charge in [-0.3, -0.25) is 0 Å². The van der Waals surface area contributed by atoms with E-state index in [0.29, 0.717) is 5.95 Å². The minimum atomic E-state index is 0.656. The molecule has 1 aliphatic heterocycles. The van der Waals surface area contributed by atoms with Gasteiger partial charge in [0.1, 0.15) is 5.82 Å². The molecule has 0 radical (unpaired) electrons. The van der Waals surface area contributed by atoms with Crippen LogP contribution in [0.2, 0.25) is 0 Å². The van der Waals surface area contributed by atoms with Gasteiger partial charge in [-0.15, -0.1) is 0 Å². The smallest absolute Gasteiger partial charge is 0.229 e. The van der Waals surface area contributed by atoms with Gasteiger partial charge in [0.2, 0.25) is 5.95 Å². The van der Waals surface area contributed by atoms with Crippen LogP contribution in [-0.4, -0.2) is 48.1 Å². The van der Waals surface area contributed by atoms with E-state index >= 15 is 0 Å². The molecule has 0 bridgehead atoms. The number of piperazine rings is 1. The van der Waals surface area contributed by atoms with Crippen molar-refractivity contribution >= 4 is 17.5 Å². The van der Waals surface area contributed by atoms with Crippen LogP contribution >= 0.6 is 0 Å². The van der Waals surface area contributed by atoms with Crippen molar-refractivity contribution in [3.05, 3.63) is 41.6 Å². The summed E-state index contributed by atoms with van der Waals surface area (Å²) in [5, 5.41) is 3.33. The van der Waals surface area contributed by atoms with Crippen molar-refractivity contribution in [3.63, 3.8) is 0 Å². The summed E-state index contributed by atoms with van der Waals surface area (Å²) >= 11 is 0. The monoisotopic (exact) mass is 297 g/mol. The molecule has 1 aliphatic rings. The molecule has 0 aliphatic carbocycles. The molecular formula is C17H23N5. The third-order valence-corrected chi connectivity index (χ3v) is 4.10. The highest BCUT2D eigenvalue weighted by Crippen LogP contribution is 2.21. The standard InChI is InChI=1S/C17H23N5/c1-13-4-5-15(14(2)12-13)19-17-18-7-6-16(20-17)22-10-8-21(3)9-11-22/h4-7,12H,8-11H2,1-3H3,(H,18,19,20). The van der Waals surface area contributed by atoms with Crippen LogP contribution in [0, 0.1) is 13.8 Å². The lowest BCUT2D eigenvalue weighted by Gasteiger charge is -2.33. The fourth-order valence-corrected chi connectivity index (χ4v) is 2.70. The molecule has 5 heteroatoms. The summed E-state index contributed by atoms with van der Waals surface area (Å²) in [6.45, 7) is 8.36. The lowest BCUT2D eigenvalue weighted by atomic mass is 10.1. The Hall–Kier alpha value is -2.14. The second kappa shape index (κ2) is 6.32. The summed E-state index contributed by atoms with van der Waals surface area (Å²) < 4.78 is 0. The molecular weight excluding hydrogens is 274 g/mol. The van der Waals surface area contributed by atoms with Gasteiger partial charge >= 0.3 is 0 Å². The van der Waals surface area contributed by atoms with Gasteiger partial charge in [-0.2, -0.15) is 4.98 Å². The van der Waals surface area contributed by atoms with Crippen LogP contribution in [0.3, 0.4) is 0 Å². The van der Waals surface area contributed by atoms with Crippen LogP contribution in [-0.2, 0) is 0 Å². The van der Waals surface area contributed by atoms with Crippen molar-refractivity contribution in [1.29, 1.82) is 0 Å². The van der Waals surface area contributed by atoms with E-state index in [-0.39, 0.29) is 0 Å². The third kappa shape index (κ3) is 3.36. The predicted octanol–water partition coefficient (Wildman–Crippen LogP) is 2.59. The Morgan fingerprint density at radius 1 is 1.05 bits per heavy atom. The van der Waals surface area contributed by atoms with Crippen LogP contribution in [0.4, 0.5) is 17.5 Å². The Morgan fingerprint density at radius 3 is 2.55 bits per heavy atom. The topological polar surface area (TPSA) is 44.3 Å². The van der Waals surface area contributed by atoms with Crippen molar-refractivity contribution in [2.75, 3.05) is 43.4 Å². The van der Waals surface area contributed by atoms with Crippen LogP contribution < -0.4 is 10.2 Å². The van der Waals surface area contributed by atoms with Gasteiger partial charge in [-0.25, -0.2) is 4.98 Å². The fourth-order valence-electron chi connectivity index (χ4n) is 2.70. The van der Waals surface area contributed by atoms with Gasteiger partial charge < -0.3 is 15.1 Å². The number of rotatable bonds is 3. The highest BCUT2D eigenvalue weighted by atomic mass is 15.3. The highest BCUT2D eigenvalue weighted by Gasteiger charge is 2.15. The fraction of sp³-hybridized carbons (Fsp3) is 0.412. The van der Waals surface area contributed by atoms with E-state index in [4.69, 9.17) is 0 Å². The van der Waals surface area contributed by atoms with Crippen LogP contribution in [0.5, 0.6) is 0 Å². The zero-order chi connectivity index (χ0) is 15.5. The van der Waals surface area contributed by atoms with Crippen molar-refractivity contribution in [3.8, 4) is 0 Å². The molecule has 116 valence electrons. The van der Waals surface area contributed by atoms with Crippen molar-refractivity contribution < 1.29 is 0 Å². The largest absolute Gasteiger partial charge is 0.354 e. The van der Waals surface area contributed by atoms with Crippen molar-refractivity contribution in [1.82, 2.24) is 14.9 Å². The van der Waals surface area contributed by atoms with E-state index in [2.05, 4.69) is 64.2 Å². The van der Waals surface area contributed by atoms with Gasteiger partial charge in [0.15, 0.2) is 0 Å². The van der Waals surface area contributed by atoms with E-state index < -0.39 is 0 Å². The first-order chi connectivity index (χ1) is 10.6. The normalized spacial score (nSPS) is 15.9. The number of nitrogens with zero attached hydrogens (tertiary/aromatic N) is 4. The molecule has 3 rings (SSSR count). The molecule has 2 aromatic rings. The molecule has 0 saturated carbocycles. The van der Waals surface area contributed by atoms with Crippen molar-refractivity contribution in [2.45, 2.75) is 13.8 Å². The zero-order valence-corrected chi connectivity index (χ0v) is 13.5. The molecule has 2 heterocycles. The summed E-state index contributed by atoms with van der Waals surface area (Å²) in [5.74, 6) is 1.65. The maximum Gasteiger partial charge on any atom is 0.229 e. The molecule has 1 N–H and O–H groups in total. The number of aromatic nitrogens is 2. The summed E-state index contributed by atoms with van der Waals surface area (Å²) in [4.78, 5) is 13.7. The molecule has 22 heavy (non-hydrogen) atoms. The third-order valence-electron chi connectivity index (χ3n) is 4.10. The lowest BCUT2D eigenvalue weighted by Crippen LogP contribution is -2.44. The molecule has 0 amide bonds. The van der Waals surface area contributed by atoms with Gasteiger partial charge in [0.25, 0.3) is 0 Å². The van der Waals surface area contributed by atoms with E-state index in [1.807, 2.05) is 12.3 Å². The van der Waals surface area contributed by atoms with Gasteiger partial charge in [-0.1, -0.05) is 17.7 Å². The number of nitrogens with one attached hydrogen (secondary N) is 1. The highest BCUT2D eigenvalue weighted by molar-refractivity contribution is 5.59. The number of hydrogen-bond donors (Lipinski definition) is 1. The Balaban J connectivity index is 1.76. The van der Waals surface area contributed by atoms with Crippen LogP contribution in [0.25, 0.3) is 0 Å². The van der Waals surface area contributed by atoms with E-state index in [9.17, 15) is 0 Å². The minimum Gasteiger partial charge on any atom is -0.354 e. The van der Waals surface area contributed by atoms with Gasteiger partial charge in [0.05, 0.1) is 0 Å². The summed E-state index contributed by atoms with van der Waals surface area (Å²) in [6, 6.07) is 8.32. The number of hydrogen-bond acceptors (Lipinski definition) is 5. The molecule has 0 unspecified atom stereocenters. The van der Waals surface area contributed by atoms with Gasteiger partial charge in [0, 0.05) is 38.1 Å². The zero-order valence-electron chi connectivity index (χ0n) is 13.5. The first-order valence-corrected chi connectivity index (χ1v) is 7.72. The number of likely N-dealkylation sites (N-methyl/N-ethyl adjacent to an activating group) is 1. The molecule has 1 saturated heterocycles. The van der Waals surface area contributed by atoms with Crippen molar-refractivity contribution in [2.24, 2.45) is 0 Å². The summed E-state index contributed by atoms with van der Waals surface area (Å²) in [7, 11) is 2.16. The quantitative estimate of drug-likeness (QED) is 0.943. The second-order valence-electron chi connectivity index (χ2n) is 5.97. The average molecular weight is 297 g/mol. The maximum atomic E-state index is 4.67. The first kappa shape index (κ1) is 14.8. The number of anilines is 3. The Morgan fingerprint density at radius 2 is 1.82 bits per heavy atom. The summed E-state index contributed by atoms with van der Waals surface area (Å²) in [6.07, 6.45) is 1.83. The van der Waals surface area contributed by atoms with E-state index in [1.165, 1.54) is 11.1 Å². The molecule has 0 spiro atoms. The molecule has 5 nitrogen and oxygen atoms in total. The maximum absolute atomic E-state index is 4.67. The predicted molar refractivity (Wildman–Crippen MR) is 90.9 cm³/mol. The number of aryl methyl sites for hydroxylation is 2. The second-order valence-corrected chi connectivity index (χ2v) is 5.97. The molecule has 1 aromatic carbocycles. The number of benzene rings is 1. The first-order valence-electron chi connectivity index (χ1n) is 7.72. The van der Waals surface area contributed by atoms with Crippen LogP contribution in [0.1, 0.15) is 11.1 Å². The Labute approximate surface area is 132 Å². The Kier molecular flexibility index (Phi) is 4.24.